The fourth-order valence-corrected chi connectivity index (χ4v) is 3.49. The molecule has 0 unspecified atom stereocenters. The van der Waals surface area contributed by atoms with Crippen molar-refractivity contribution >= 4 is 27.9 Å². The summed E-state index contributed by atoms with van der Waals surface area (Å²) in [6.07, 6.45) is 1.68. The number of fused-ring (bicyclic) bond motifs is 2. The Morgan fingerprint density at radius 1 is 0.844 bits per heavy atom. The Morgan fingerprint density at radius 3 is 2.50 bits per heavy atom. The van der Waals surface area contributed by atoms with Crippen LogP contribution in [0.5, 0.6) is 11.6 Å². The smallest absolute Gasteiger partial charge is 0.247 e. The number of benzene rings is 3. The average Bonchev–Trinajstić information content (AvgIpc) is 2.83. The minimum Gasteiger partial charge on any atom is -0.489 e. The van der Waals surface area contributed by atoms with E-state index in [1.165, 1.54) is 0 Å². The molecule has 0 atom stereocenters. The second-order valence-electron chi connectivity index (χ2n) is 7.25. The minimum absolute atomic E-state index is 0.110. The normalized spacial score (nSPS) is 11.0. The molecule has 2 aromatic heterocycles. The van der Waals surface area contributed by atoms with E-state index in [-0.39, 0.29) is 5.95 Å². The Kier molecular flexibility index (Phi) is 5.21. The summed E-state index contributed by atoms with van der Waals surface area (Å²) in [4.78, 5) is 17.4. The SMILES string of the molecule is CCOc1nc(N)nc2ncc(-c3ccc4cc(OCc5ccccc5)ccc4c3)nc12. The Balaban J connectivity index is 1.45. The van der Waals surface area contributed by atoms with E-state index < -0.39 is 0 Å². The van der Waals surface area contributed by atoms with Gasteiger partial charge in [0.25, 0.3) is 0 Å². The van der Waals surface area contributed by atoms with Crippen molar-refractivity contribution in [1.29, 1.82) is 0 Å². The molecule has 0 aliphatic heterocycles. The summed E-state index contributed by atoms with van der Waals surface area (Å²) in [5, 5.41) is 2.16. The van der Waals surface area contributed by atoms with Gasteiger partial charge in [-0.15, -0.1) is 0 Å². The number of hydrogen-bond acceptors (Lipinski definition) is 7. The fraction of sp³-hybridized carbons (Fsp3) is 0.120. The average molecular weight is 423 g/mol. The third-order valence-corrected chi connectivity index (χ3v) is 5.03. The number of aromatic nitrogens is 4. The molecule has 0 saturated heterocycles. The molecule has 0 radical (unpaired) electrons. The highest BCUT2D eigenvalue weighted by molar-refractivity contribution is 5.88. The van der Waals surface area contributed by atoms with Crippen LogP contribution < -0.4 is 15.2 Å². The lowest BCUT2D eigenvalue weighted by molar-refractivity contribution is 0.306. The highest BCUT2D eigenvalue weighted by atomic mass is 16.5. The van der Waals surface area contributed by atoms with Crippen LogP contribution in [0.25, 0.3) is 33.2 Å². The maximum atomic E-state index is 5.95. The van der Waals surface area contributed by atoms with Crippen LogP contribution >= 0.6 is 0 Å². The molecule has 2 heterocycles. The number of rotatable bonds is 6. The number of hydrogen-bond donors (Lipinski definition) is 1. The van der Waals surface area contributed by atoms with Crippen LogP contribution in [-0.2, 0) is 6.61 Å². The summed E-state index contributed by atoms with van der Waals surface area (Å²) in [6, 6.07) is 22.3. The van der Waals surface area contributed by atoms with Gasteiger partial charge in [-0.05, 0) is 41.5 Å². The summed E-state index contributed by atoms with van der Waals surface area (Å²) in [5.74, 6) is 1.28. The highest BCUT2D eigenvalue weighted by Crippen LogP contribution is 2.28. The lowest BCUT2D eigenvalue weighted by Gasteiger charge is -2.09. The molecule has 7 heteroatoms. The van der Waals surface area contributed by atoms with Gasteiger partial charge in [0.2, 0.25) is 11.8 Å². The summed E-state index contributed by atoms with van der Waals surface area (Å²) in [5.41, 5.74) is 9.43. The zero-order valence-electron chi connectivity index (χ0n) is 17.5. The van der Waals surface area contributed by atoms with Crippen molar-refractivity contribution in [3.63, 3.8) is 0 Å². The molecule has 0 saturated carbocycles. The van der Waals surface area contributed by atoms with Crippen LogP contribution in [0.15, 0.2) is 72.9 Å². The molecule has 0 fully saturated rings. The molecule has 0 aliphatic rings. The van der Waals surface area contributed by atoms with Crippen molar-refractivity contribution in [2.45, 2.75) is 13.5 Å². The van der Waals surface area contributed by atoms with E-state index >= 15 is 0 Å². The number of nitrogens with zero attached hydrogens (tertiary/aromatic N) is 4. The zero-order chi connectivity index (χ0) is 21.9. The molecule has 158 valence electrons. The first-order chi connectivity index (χ1) is 15.7. The molecule has 5 rings (SSSR count). The van der Waals surface area contributed by atoms with E-state index in [1.807, 2.05) is 61.5 Å². The van der Waals surface area contributed by atoms with Gasteiger partial charge >= 0.3 is 0 Å². The number of ether oxygens (including phenoxy) is 2. The first-order valence-electron chi connectivity index (χ1n) is 10.3. The lowest BCUT2D eigenvalue weighted by Crippen LogP contribution is -2.04. The molecule has 5 aromatic rings. The van der Waals surface area contributed by atoms with Gasteiger partial charge < -0.3 is 15.2 Å². The number of nitrogen functional groups attached to an aromatic ring is 1. The van der Waals surface area contributed by atoms with Gasteiger partial charge in [0, 0.05) is 5.56 Å². The standard InChI is InChI=1S/C25H21N5O2/c1-2-31-24-22-23(29-25(26)30-24)27-14-21(28-22)19-9-8-18-13-20(11-10-17(18)12-19)32-15-16-6-4-3-5-7-16/h3-14H,2,15H2,1H3,(H2,26,27,29,30). The lowest BCUT2D eigenvalue weighted by atomic mass is 10.0. The van der Waals surface area contributed by atoms with Gasteiger partial charge in [0.05, 0.1) is 18.5 Å². The maximum absolute atomic E-state index is 5.95. The summed E-state index contributed by atoms with van der Waals surface area (Å²) in [6.45, 7) is 2.86. The third kappa shape index (κ3) is 4.00. The minimum atomic E-state index is 0.110. The quantitative estimate of drug-likeness (QED) is 0.419. The van der Waals surface area contributed by atoms with Crippen LogP contribution in [0.3, 0.4) is 0 Å². The third-order valence-electron chi connectivity index (χ3n) is 5.03. The topological polar surface area (TPSA) is 96.0 Å². The van der Waals surface area contributed by atoms with Crippen molar-refractivity contribution in [2.24, 2.45) is 0 Å². The number of nitrogens with two attached hydrogens (primary N) is 1. The Labute approximate surface area is 184 Å². The first-order valence-corrected chi connectivity index (χ1v) is 10.3. The molecule has 0 spiro atoms. The van der Waals surface area contributed by atoms with Gasteiger partial charge in [-0.2, -0.15) is 9.97 Å². The molecule has 7 nitrogen and oxygen atoms in total. The summed E-state index contributed by atoms with van der Waals surface area (Å²) >= 11 is 0. The molecule has 3 aromatic carbocycles. The van der Waals surface area contributed by atoms with E-state index in [4.69, 9.17) is 20.2 Å². The summed E-state index contributed by atoms with van der Waals surface area (Å²) in [7, 11) is 0. The molecular weight excluding hydrogens is 402 g/mol. The Hall–Kier alpha value is -4.26. The maximum Gasteiger partial charge on any atom is 0.247 e. The van der Waals surface area contributed by atoms with E-state index in [0.717, 1.165) is 27.6 Å². The molecule has 32 heavy (non-hydrogen) atoms. The van der Waals surface area contributed by atoms with E-state index in [2.05, 4.69) is 27.1 Å². The van der Waals surface area contributed by atoms with Crippen LogP contribution in [0.2, 0.25) is 0 Å². The zero-order valence-corrected chi connectivity index (χ0v) is 17.5. The number of anilines is 1. The van der Waals surface area contributed by atoms with Gasteiger partial charge in [-0.25, -0.2) is 9.97 Å². The van der Waals surface area contributed by atoms with Crippen molar-refractivity contribution in [1.82, 2.24) is 19.9 Å². The molecular formula is C25H21N5O2. The van der Waals surface area contributed by atoms with E-state index in [0.29, 0.717) is 36.0 Å². The van der Waals surface area contributed by atoms with Crippen molar-refractivity contribution in [3.8, 4) is 22.9 Å². The van der Waals surface area contributed by atoms with Crippen LogP contribution in [-0.4, -0.2) is 26.5 Å². The van der Waals surface area contributed by atoms with Gasteiger partial charge in [-0.1, -0.05) is 48.5 Å². The highest BCUT2D eigenvalue weighted by Gasteiger charge is 2.12. The van der Waals surface area contributed by atoms with Gasteiger partial charge in [0.15, 0.2) is 11.2 Å². The van der Waals surface area contributed by atoms with Crippen LogP contribution in [0, 0.1) is 0 Å². The fourth-order valence-electron chi connectivity index (χ4n) is 3.49. The predicted molar refractivity (Wildman–Crippen MR) is 124 cm³/mol. The first kappa shape index (κ1) is 19.7. The van der Waals surface area contributed by atoms with Gasteiger partial charge in [0.1, 0.15) is 12.4 Å². The largest absolute Gasteiger partial charge is 0.489 e. The second-order valence-corrected chi connectivity index (χ2v) is 7.25. The Bertz CT molecular complexity index is 1410. The monoisotopic (exact) mass is 423 g/mol. The molecule has 0 bridgehead atoms. The second kappa shape index (κ2) is 8.47. The van der Waals surface area contributed by atoms with Crippen LogP contribution in [0.4, 0.5) is 5.95 Å². The van der Waals surface area contributed by atoms with Gasteiger partial charge in [-0.3, -0.25) is 0 Å². The molecule has 2 N–H and O–H groups in total. The van der Waals surface area contributed by atoms with E-state index in [1.54, 1.807) is 6.20 Å². The van der Waals surface area contributed by atoms with Crippen molar-refractivity contribution < 1.29 is 9.47 Å². The molecule has 0 amide bonds. The Morgan fingerprint density at radius 2 is 1.66 bits per heavy atom. The predicted octanol–water partition coefficient (Wildman–Crippen LogP) is 4.80. The van der Waals surface area contributed by atoms with Crippen molar-refractivity contribution in [2.75, 3.05) is 12.3 Å². The molecule has 0 aliphatic carbocycles. The summed E-state index contributed by atoms with van der Waals surface area (Å²) < 4.78 is 11.5. The van der Waals surface area contributed by atoms with Crippen molar-refractivity contribution in [3.05, 3.63) is 78.5 Å². The van der Waals surface area contributed by atoms with Crippen LogP contribution in [0.1, 0.15) is 12.5 Å². The van der Waals surface area contributed by atoms with E-state index in [9.17, 15) is 0 Å².